The van der Waals surface area contributed by atoms with Crippen molar-refractivity contribution in [2.45, 2.75) is 12.2 Å². The summed E-state index contributed by atoms with van der Waals surface area (Å²) >= 11 is 10.1. The summed E-state index contributed by atoms with van der Waals surface area (Å²) in [6.45, 7) is 0.348. The summed E-state index contributed by atoms with van der Waals surface area (Å²) in [6.07, 6.45) is 1.46. The molecule has 5 rings (SSSR count). The van der Waals surface area contributed by atoms with Crippen LogP contribution in [0.25, 0.3) is 10.8 Å². The number of nitrogens with one attached hydrogen (secondary N) is 1. The van der Waals surface area contributed by atoms with Gasteiger partial charge in [-0.05, 0) is 61.1 Å². The molecule has 2 N–H and O–H groups in total. The maximum atomic E-state index is 13.2. The Balaban J connectivity index is 1.32. The molecule has 0 saturated heterocycles. The fourth-order valence-corrected chi connectivity index (χ4v) is 5.38. The average molecular weight is 600 g/mol. The van der Waals surface area contributed by atoms with Gasteiger partial charge in [-0.2, -0.15) is 5.10 Å². The standard InChI is InChI=1S/C32H24BrClN2O3/c33-28-18-22(19-29(34)30(28)39-21-24-12-9-11-23-10-7-8-17-27(23)24)20-35-36-31(37)32(38,25-13-3-1-4-14-25)26-15-5-2-6-16-26/h1-20,38H,21H2,(H,36,37)/b35-20+. The number of hydrogen-bond donors (Lipinski definition) is 2. The van der Waals surface area contributed by atoms with Crippen LogP contribution in [0, 0.1) is 0 Å². The van der Waals surface area contributed by atoms with Gasteiger partial charge in [0.1, 0.15) is 6.61 Å². The Bertz CT molecular complexity index is 1570. The first-order chi connectivity index (χ1) is 19.0. The fourth-order valence-electron chi connectivity index (χ4n) is 4.39. The lowest BCUT2D eigenvalue weighted by Crippen LogP contribution is -2.43. The number of hydrazone groups is 1. The Kier molecular flexibility index (Phi) is 8.07. The molecular formula is C32H24BrClN2O3. The number of fused-ring (bicyclic) bond motifs is 1. The largest absolute Gasteiger partial charge is 0.486 e. The molecule has 194 valence electrons. The zero-order valence-corrected chi connectivity index (χ0v) is 23.1. The molecule has 0 saturated carbocycles. The smallest absolute Gasteiger partial charge is 0.281 e. The highest BCUT2D eigenvalue weighted by atomic mass is 79.9. The van der Waals surface area contributed by atoms with E-state index in [1.54, 1.807) is 60.7 Å². The van der Waals surface area contributed by atoms with Gasteiger partial charge in [-0.15, -0.1) is 0 Å². The molecule has 0 heterocycles. The van der Waals surface area contributed by atoms with Crippen LogP contribution in [0.4, 0.5) is 0 Å². The number of carbonyl (C=O) groups is 1. The zero-order chi connectivity index (χ0) is 27.2. The lowest BCUT2D eigenvalue weighted by Gasteiger charge is -2.27. The van der Waals surface area contributed by atoms with Gasteiger partial charge in [-0.1, -0.05) is 115 Å². The molecule has 0 spiro atoms. The third kappa shape index (κ3) is 5.73. The van der Waals surface area contributed by atoms with Gasteiger partial charge < -0.3 is 9.84 Å². The van der Waals surface area contributed by atoms with Gasteiger partial charge in [0, 0.05) is 0 Å². The van der Waals surface area contributed by atoms with E-state index in [9.17, 15) is 9.90 Å². The molecule has 0 aromatic heterocycles. The highest BCUT2D eigenvalue weighted by molar-refractivity contribution is 9.10. The molecule has 0 aliphatic heterocycles. The highest BCUT2D eigenvalue weighted by Crippen LogP contribution is 2.35. The second-order valence-electron chi connectivity index (χ2n) is 8.88. The van der Waals surface area contributed by atoms with Crippen molar-refractivity contribution in [2.24, 2.45) is 5.10 Å². The highest BCUT2D eigenvalue weighted by Gasteiger charge is 2.39. The van der Waals surface area contributed by atoms with E-state index >= 15 is 0 Å². The van der Waals surface area contributed by atoms with Crippen LogP contribution in [0.15, 0.2) is 125 Å². The van der Waals surface area contributed by atoms with E-state index in [-0.39, 0.29) is 0 Å². The third-order valence-corrected chi connectivity index (χ3v) is 7.23. The first kappa shape index (κ1) is 26.6. The van der Waals surface area contributed by atoms with Crippen LogP contribution in [-0.2, 0) is 17.0 Å². The summed E-state index contributed by atoms with van der Waals surface area (Å²) in [5.74, 6) is -0.176. The first-order valence-electron chi connectivity index (χ1n) is 12.2. The Labute approximate surface area is 239 Å². The predicted molar refractivity (Wildman–Crippen MR) is 159 cm³/mol. The van der Waals surface area contributed by atoms with E-state index < -0.39 is 11.5 Å². The second-order valence-corrected chi connectivity index (χ2v) is 10.1. The Morgan fingerprint density at radius 3 is 2.18 bits per heavy atom. The summed E-state index contributed by atoms with van der Waals surface area (Å²) in [6, 6.07) is 35.2. The van der Waals surface area contributed by atoms with Crippen LogP contribution in [0.5, 0.6) is 5.75 Å². The van der Waals surface area contributed by atoms with Crippen molar-refractivity contribution in [1.29, 1.82) is 0 Å². The molecule has 0 atom stereocenters. The number of rotatable bonds is 8. The van der Waals surface area contributed by atoms with Crippen molar-refractivity contribution in [1.82, 2.24) is 5.43 Å². The van der Waals surface area contributed by atoms with Crippen LogP contribution in [-0.4, -0.2) is 17.2 Å². The molecule has 0 bridgehead atoms. The summed E-state index contributed by atoms with van der Waals surface area (Å²) in [7, 11) is 0. The maximum absolute atomic E-state index is 13.2. The van der Waals surface area contributed by atoms with Gasteiger partial charge in [0.2, 0.25) is 0 Å². The van der Waals surface area contributed by atoms with Gasteiger partial charge in [0.25, 0.3) is 5.91 Å². The molecule has 5 nitrogen and oxygen atoms in total. The van der Waals surface area contributed by atoms with Crippen molar-refractivity contribution in [3.05, 3.63) is 147 Å². The first-order valence-corrected chi connectivity index (χ1v) is 13.4. The van der Waals surface area contributed by atoms with Crippen LogP contribution < -0.4 is 10.2 Å². The third-order valence-electron chi connectivity index (χ3n) is 6.36. The number of hydrogen-bond acceptors (Lipinski definition) is 4. The van der Waals surface area contributed by atoms with Crippen LogP contribution >= 0.6 is 27.5 Å². The van der Waals surface area contributed by atoms with E-state index in [0.29, 0.717) is 38.5 Å². The number of aliphatic hydroxyl groups is 1. The molecule has 39 heavy (non-hydrogen) atoms. The van der Waals surface area contributed by atoms with E-state index in [0.717, 1.165) is 16.3 Å². The molecule has 0 aliphatic carbocycles. The number of nitrogens with zero attached hydrogens (tertiary/aromatic N) is 1. The van der Waals surface area contributed by atoms with Crippen LogP contribution in [0.3, 0.4) is 0 Å². The minimum atomic E-state index is -1.92. The Hall–Kier alpha value is -3.97. The molecule has 0 fully saturated rings. The minimum Gasteiger partial charge on any atom is -0.486 e. The van der Waals surface area contributed by atoms with Crippen molar-refractivity contribution >= 4 is 50.4 Å². The molecule has 7 heteroatoms. The van der Waals surface area contributed by atoms with E-state index in [4.69, 9.17) is 16.3 Å². The molecule has 0 unspecified atom stereocenters. The Morgan fingerprint density at radius 2 is 1.51 bits per heavy atom. The average Bonchev–Trinajstić information content (AvgIpc) is 2.97. The number of amides is 1. The van der Waals surface area contributed by atoms with E-state index in [1.165, 1.54) is 6.21 Å². The summed E-state index contributed by atoms with van der Waals surface area (Å²) in [4.78, 5) is 13.2. The summed E-state index contributed by atoms with van der Waals surface area (Å²) in [5.41, 5.74) is 3.10. The molecule has 0 aliphatic rings. The minimum absolute atomic E-state index is 0.348. The maximum Gasteiger partial charge on any atom is 0.281 e. The van der Waals surface area contributed by atoms with E-state index in [1.807, 2.05) is 36.4 Å². The fraction of sp³-hybridized carbons (Fsp3) is 0.0625. The van der Waals surface area contributed by atoms with Crippen LogP contribution in [0.2, 0.25) is 5.02 Å². The normalized spacial score (nSPS) is 11.6. The summed E-state index contributed by atoms with van der Waals surface area (Å²) in [5, 5.41) is 18.3. The second kappa shape index (κ2) is 11.8. The SMILES string of the molecule is O=C(N/N=C/c1cc(Cl)c(OCc2cccc3ccccc23)c(Br)c1)C(O)(c1ccccc1)c1ccccc1. The number of ether oxygens (including phenoxy) is 1. The van der Waals surface area contributed by atoms with Crippen LogP contribution in [0.1, 0.15) is 22.3 Å². The zero-order valence-electron chi connectivity index (χ0n) is 20.7. The monoisotopic (exact) mass is 598 g/mol. The molecular weight excluding hydrogens is 576 g/mol. The van der Waals surface area contributed by atoms with Gasteiger partial charge >= 0.3 is 0 Å². The van der Waals surface area contributed by atoms with Gasteiger partial charge in [0.15, 0.2) is 11.4 Å². The quantitative estimate of drug-likeness (QED) is 0.146. The van der Waals surface area contributed by atoms with Crippen molar-refractivity contribution < 1.29 is 14.6 Å². The number of halogens is 2. The predicted octanol–water partition coefficient (Wildman–Crippen LogP) is 7.22. The van der Waals surface area contributed by atoms with Gasteiger partial charge in [-0.25, -0.2) is 5.43 Å². The van der Waals surface area contributed by atoms with Crippen molar-refractivity contribution in [2.75, 3.05) is 0 Å². The number of benzene rings is 5. The van der Waals surface area contributed by atoms with E-state index in [2.05, 4.69) is 44.7 Å². The Morgan fingerprint density at radius 1 is 0.897 bits per heavy atom. The lowest BCUT2D eigenvalue weighted by molar-refractivity contribution is -0.136. The summed E-state index contributed by atoms with van der Waals surface area (Å²) < 4.78 is 6.72. The molecule has 0 radical (unpaired) electrons. The van der Waals surface area contributed by atoms with Gasteiger partial charge in [-0.3, -0.25) is 4.79 Å². The van der Waals surface area contributed by atoms with Gasteiger partial charge in [0.05, 0.1) is 15.7 Å². The lowest BCUT2D eigenvalue weighted by atomic mass is 9.85. The van der Waals surface area contributed by atoms with Crippen molar-refractivity contribution in [3.63, 3.8) is 0 Å². The topological polar surface area (TPSA) is 70.9 Å². The number of carbonyl (C=O) groups excluding carboxylic acids is 1. The molecule has 1 amide bonds. The molecule has 5 aromatic carbocycles. The van der Waals surface area contributed by atoms with Crippen molar-refractivity contribution in [3.8, 4) is 5.75 Å². The molecule has 5 aromatic rings.